The van der Waals surface area contributed by atoms with Gasteiger partial charge in [-0.3, -0.25) is 9.48 Å². The zero-order chi connectivity index (χ0) is 10.6. The molecule has 1 rings (SSSR count). The third kappa shape index (κ3) is 3.14. The van der Waals surface area contributed by atoms with Crippen molar-refractivity contribution in [1.29, 1.82) is 0 Å². The summed E-state index contributed by atoms with van der Waals surface area (Å²) in [5.74, 6) is -0.391. The van der Waals surface area contributed by atoms with Crippen molar-refractivity contribution < 1.29 is 9.90 Å². The molecule has 0 fully saturated rings. The fourth-order valence-corrected chi connectivity index (χ4v) is 0.852. The Morgan fingerprint density at radius 2 is 2.36 bits per heavy atom. The second-order valence-corrected chi connectivity index (χ2v) is 3.48. The zero-order valence-corrected chi connectivity index (χ0v) is 8.27. The molecule has 6 heteroatoms. The van der Waals surface area contributed by atoms with Crippen molar-refractivity contribution in [3.63, 3.8) is 0 Å². The normalized spacial score (nSPS) is 11.4. The highest BCUT2D eigenvalue weighted by Crippen LogP contribution is 1.99. The van der Waals surface area contributed by atoms with Gasteiger partial charge in [-0.05, 0) is 13.8 Å². The number of carbonyl (C=O) groups is 1. The summed E-state index contributed by atoms with van der Waals surface area (Å²) in [6, 6.07) is 0. The Hall–Kier alpha value is -1.43. The number of hydrogen-bond acceptors (Lipinski definition) is 4. The molecular weight excluding hydrogens is 184 g/mol. The maximum atomic E-state index is 11.2. The molecule has 0 radical (unpaired) electrons. The average Bonchev–Trinajstić information content (AvgIpc) is 2.55. The predicted molar refractivity (Wildman–Crippen MR) is 49.3 cm³/mol. The molecular formula is C8H14N4O2. The van der Waals surface area contributed by atoms with Crippen LogP contribution in [-0.2, 0) is 11.3 Å². The molecule has 78 valence electrons. The van der Waals surface area contributed by atoms with E-state index in [1.807, 2.05) is 0 Å². The van der Waals surface area contributed by atoms with Gasteiger partial charge in [0.1, 0.15) is 5.60 Å². The van der Waals surface area contributed by atoms with E-state index < -0.39 is 11.5 Å². The van der Waals surface area contributed by atoms with Crippen LogP contribution >= 0.6 is 0 Å². The molecule has 1 aromatic heterocycles. The van der Waals surface area contributed by atoms with Crippen molar-refractivity contribution >= 4 is 5.91 Å². The molecule has 1 heterocycles. The maximum Gasteiger partial charge on any atom is 0.251 e. The van der Waals surface area contributed by atoms with Gasteiger partial charge in [-0.2, -0.15) is 0 Å². The average molecular weight is 198 g/mol. The van der Waals surface area contributed by atoms with E-state index in [4.69, 9.17) is 0 Å². The van der Waals surface area contributed by atoms with Gasteiger partial charge in [-0.25, -0.2) is 0 Å². The van der Waals surface area contributed by atoms with Gasteiger partial charge in [-0.1, -0.05) is 5.21 Å². The number of nitrogens with zero attached hydrogens (tertiary/aromatic N) is 3. The third-order valence-electron chi connectivity index (χ3n) is 1.65. The summed E-state index contributed by atoms with van der Waals surface area (Å²) >= 11 is 0. The first kappa shape index (κ1) is 10.6. The quantitative estimate of drug-likeness (QED) is 0.661. The molecule has 0 aromatic carbocycles. The molecule has 0 aliphatic carbocycles. The minimum atomic E-state index is -1.33. The lowest BCUT2D eigenvalue weighted by Crippen LogP contribution is -2.43. The number of aliphatic hydroxyl groups is 1. The SMILES string of the molecule is CC(C)(O)C(=O)NCCn1ccnn1. The highest BCUT2D eigenvalue weighted by Gasteiger charge is 2.22. The van der Waals surface area contributed by atoms with E-state index in [1.165, 1.54) is 13.8 Å². The van der Waals surface area contributed by atoms with E-state index in [2.05, 4.69) is 15.6 Å². The summed E-state index contributed by atoms with van der Waals surface area (Å²) in [5, 5.41) is 19.2. The van der Waals surface area contributed by atoms with Gasteiger partial charge in [0.2, 0.25) is 0 Å². The van der Waals surface area contributed by atoms with Gasteiger partial charge >= 0.3 is 0 Å². The number of rotatable bonds is 4. The molecule has 0 aliphatic rings. The van der Waals surface area contributed by atoms with Crippen LogP contribution in [0.25, 0.3) is 0 Å². The van der Waals surface area contributed by atoms with Gasteiger partial charge in [0.25, 0.3) is 5.91 Å². The number of aromatic nitrogens is 3. The Balaban J connectivity index is 2.26. The monoisotopic (exact) mass is 198 g/mol. The van der Waals surface area contributed by atoms with Gasteiger partial charge in [-0.15, -0.1) is 5.10 Å². The molecule has 0 aliphatic heterocycles. The van der Waals surface area contributed by atoms with Crippen LogP contribution in [0.3, 0.4) is 0 Å². The Kier molecular flexibility index (Phi) is 3.19. The maximum absolute atomic E-state index is 11.2. The van der Waals surface area contributed by atoms with Crippen molar-refractivity contribution in [3.8, 4) is 0 Å². The lowest BCUT2D eigenvalue weighted by Gasteiger charge is -2.16. The topological polar surface area (TPSA) is 80.0 Å². The Morgan fingerprint density at radius 1 is 1.64 bits per heavy atom. The van der Waals surface area contributed by atoms with Crippen molar-refractivity contribution in [2.75, 3.05) is 6.54 Å². The van der Waals surface area contributed by atoms with Crippen LogP contribution in [0, 0.1) is 0 Å². The van der Waals surface area contributed by atoms with Gasteiger partial charge in [0.05, 0.1) is 12.7 Å². The summed E-state index contributed by atoms with van der Waals surface area (Å²) in [6.45, 7) is 3.85. The fourth-order valence-electron chi connectivity index (χ4n) is 0.852. The molecule has 1 aromatic rings. The third-order valence-corrected chi connectivity index (χ3v) is 1.65. The first-order valence-electron chi connectivity index (χ1n) is 4.35. The smallest absolute Gasteiger partial charge is 0.251 e. The highest BCUT2D eigenvalue weighted by molar-refractivity contribution is 5.83. The fraction of sp³-hybridized carbons (Fsp3) is 0.625. The largest absolute Gasteiger partial charge is 0.381 e. The van der Waals surface area contributed by atoms with Crippen LogP contribution in [0.2, 0.25) is 0 Å². The van der Waals surface area contributed by atoms with E-state index in [0.717, 1.165) is 0 Å². The second-order valence-electron chi connectivity index (χ2n) is 3.48. The van der Waals surface area contributed by atoms with Crippen molar-refractivity contribution in [2.45, 2.75) is 26.0 Å². The molecule has 14 heavy (non-hydrogen) atoms. The van der Waals surface area contributed by atoms with E-state index in [0.29, 0.717) is 13.1 Å². The summed E-state index contributed by atoms with van der Waals surface area (Å²) < 4.78 is 1.60. The Labute approximate surface area is 81.9 Å². The van der Waals surface area contributed by atoms with Crippen LogP contribution in [-0.4, -0.2) is 38.2 Å². The number of amides is 1. The van der Waals surface area contributed by atoms with Crippen molar-refractivity contribution in [3.05, 3.63) is 12.4 Å². The van der Waals surface area contributed by atoms with Crippen LogP contribution in [0.4, 0.5) is 0 Å². The summed E-state index contributed by atoms with van der Waals surface area (Å²) in [5.41, 5.74) is -1.33. The second kappa shape index (κ2) is 4.19. The van der Waals surface area contributed by atoms with E-state index in [9.17, 15) is 9.90 Å². The zero-order valence-electron chi connectivity index (χ0n) is 8.27. The molecule has 0 saturated carbocycles. The first-order valence-corrected chi connectivity index (χ1v) is 4.35. The lowest BCUT2D eigenvalue weighted by molar-refractivity contribution is -0.136. The molecule has 0 bridgehead atoms. The summed E-state index contributed by atoms with van der Waals surface area (Å²) in [7, 11) is 0. The molecule has 0 spiro atoms. The Morgan fingerprint density at radius 3 is 2.86 bits per heavy atom. The van der Waals surface area contributed by atoms with Gasteiger partial charge in [0, 0.05) is 12.7 Å². The van der Waals surface area contributed by atoms with Gasteiger partial charge < -0.3 is 10.4 Å². The predicted octanol–water partition coefficient (Wildman–Crippen LogP) is -0.835. The van der Waals surface area contributed by atoms with Crippen molar-refractivity contribution in [1.82, 2.24) is 20.3 Å². The number of carbonyl (C=O) groups excluding carboxylic acids is 1. The van der Waals surface area contributed by atoms with Crippen molar-refractivity contribution in [2.24, 2.45) is 0 Å². The lowest BCUT2D eigenvalue weighted by atomic mass is 10.1. The number of nitrogens with one attached hydrogen (secondary N) is 1. The molecule has 6 nitrogen and oxygen atoms in total. The molecule has 0 saturated heterocycles. The first-order chi connectivity index (χ1) is 6.50. The standard InChI is InChI=1S/C8H14N4O2/c1-8(2,14)7(13)9-3-5-12-6-4-10-11-12/h4,6,14H,3,5H2,1-2H3,(H,9,13). The minimum Gasteiger partial charge on any atom is -0.381 e. The number of hydrogen-bond donors (Lipinski definition) is 2. The van der Waals surface area contributed by atoms with Crippen LogP contribution in [0.1, 0.15) is 13.8 Å². The van der Waals surface area contributed by atoms with E-state index in [1.54, 1.807) is 17.1 Å². The van der Waals surface area contributed by atoms with Crippen LogP contribution < -0.4 is 5.32 Å². The summed E-state index contributed by atoms with van der Waals surface area (Å²) in [4.78, 5) is 11.2. The minimum absolute atomic E-state index is 0.391. The molecule has 0 unspecified atom stereocenters. The Bertz CT molecular complexity index is 289. The van der Waals surface area contributed by atoms with Crippen LogP contribution in [0.15, 0.2) is 12.4 Å². The molecule has 2 N–H and O–H groups in total. The van der Waals surface area contributed by atoms with Gasteiger partial charge in [0.15, 0.2) is 0 Å². The summed E-state index contributed by atoms with van der Waals surface area (Å²) in [6.07, 6.45) is 3.27. The molecule has 1 amide bonds. The molecule has 0 atom stereocenters. The van der Waals surface area contributed by atoms with E-state index >= 15 is 0 Å². The van der Waals surface area contributed by atoms with Crippen LogP contribution in [0.5, 0.6) is 0 Å². The highest BCUT2D eigenvalue weighted by atomic mass is 16.3. The van der Waals surface area contributed by atoms with E-state index in [-0.39, 0.29) is 0 Å².